The fraction of sp³-hybridized carbons (Fsp3) is 0.462. The van der Waals surface area contributed by atoms with Crippen LogP contribution in [-0.2, 0) is 4.79 Å². The van der Waals surface area contributed by atoms with Crippen molar-refractivity contribution in [3.05, 3.63) is 30.1 Å². The molecule has 5 heteroatoms. The van der Waals surface area contributed by atoms with Crippen molar-refractivity contribution in [2.75, 3.05) is 12.4 Å². The lowest BCUT2D eigenvalue weighted by Crippen LogP contribution is -2.23. The maximum atomic E-state index is 12.6. The third-order valence-electron chi connectivity index (χ3n) is 2.31. The number of halogens is 1. The Morgan fingerprint density at radius 1 is 1.39 bits per heavy atom. The third kappa shape index (κ3) is 4.96. The SMILES string of the molecule is CC(C)C(SCCOc1ccc(F)cc1)C(=O)O. The summed E-state index contributed by atoms with van der Waals surface area (Å²) in [4.78, 5) is 10.9. The van der Waals surface area contributed by atoms with Crippen LogP contribution >= 0.6 is 11.8 Å². The van der Waals surface area contributed by atoms with Crippen LogP contribution in [0.25, 0.3) is 0 Å². The first-order valence-electron chi connectivity index (χ1n) is 5.73. The van der Waals surface area contributed by atoms with E-state index in [2.05, 4.69) is 0 Å². The number of carbonyl (C=O) groups is 1. The van der Waals surface area contributed by atoms with Crippen molar-refractivity contribution >= 4 is 17.7 Å². The van der Waals surface area contributed by atoms with Crippen molar-refractivity contribution < 1.29 is 19.0 Å². The summed E-state index contributed by atoms with van der Waals surface area (Å²) < 4.78 is 18.0. The number of benzene rings is 1. The largest absolute Gasteiger partial charge is 0.493 e. The smallest absolute Gasteiger partial charge is 0.316 e. The lowest BCUT2D eigenvalue weighted by atomic mass is 10.1. The van der Waals surface area contributed by atoms with Gasteiger partial charge in [0.15, 0.2) is 0 Å². The van der Waals surface area contributed by atoms with Gasteiger partial charge in [-0.25, -0.2) is 4.39 Å². The molecule has 1 unspecified atom stereocenters. The lowest BCUT2D eigenvalue weighted by molar-refractivity contribution is -0.137. The van der Waals surface area contributed by atoms with E-state index in [1.54, 1.807) is 12.1 Å². The van der Waals surface area contributed by atoms with Gasteiger partial charge in [-0.15, -0.1) is 11.8 Å². The fourth-order valence-electron chi connectivity index (χ4n) is 1.41. The summed E-state index contributed by atoms with van der Waals surface area (Å²) in [6.45, 7) is 4.17. The number of thioether (sulfide) groups is 1. The maximum Gasteiger partial charge on any atom is 0.316 e. The van der Waals surface area contributed by atoms with Gasteiger partial charge in [0.1, 0.15) is 16.8 Å². The summed E-state index contributed by atoms with van der Waals surface area (Å²) >= 11 is 1.36. The first-order valence-corrected chi connectivity index (χ1v) is 6.78. The number of hydrogen-bond donors (Lipinski definition) is 1. The van der Waals surface area contributed by atoms with Crippen molar-refractivity contribution in [3.8, 4) is 5.75 Å². The number of ether oxygens (including phenoxy) is 1. The Balaban J connectivity index is 2.29. The van der Waals surface area contributed by atoms with Gasteiger partial charge in [-0.2, -0.15) is 0 Å². The molecule has 0 heterocycles. The molecule has 3 nitrogen and oxygen atoms in total. The van der Waals surface area contributed by atoms with E-state index in [1.807, 2.05) is 13.8 Å². The molecule has 18 heavy (non-hydrogen) atoms. The van der Waals surface area contributed by atoms with E-state index in [0.29, 0.717) is 18.1 Å². The topological polar surface area (TPSA) is 46.5 Å². The van der Waals surface area contributed by atoms with Gasteiger partial charge in [0.2, 0.25) is 0 Å². The second-order valence-corrected chi connectivity index (χ2v) is 5.43. The Labute approximate surface area is 110 Å². The van der Waals surface area contributed by atoms with Crippen LogP contribution in [0.4, 0.5) is 4.39 Å². The Bertz CT molecular complexity index is 378. The molecular weight excluding hydrogens is 255 g/mol. The quantitative estimate of drug-likeness (QED) is 0.775. The van der Waals surface area contributed by atoms with E-state index < -0.39 is 11.2 Å². The third-order valence-corrected chi connectivity index (χ3v) is 3.82. The minimum Gasteiger partial charge on any atom is -0.493 e. The van der Waals surface area contributed by atoms with E-state index in [9.17, 15) is 9.18 Å². The van der Waals surface area contributed by atoms with Crippen LogP contribution in [0.2, 0.25) is 0 Å². The number of rotatable bonds is 7. The zero-order valence-corrected chi connectivity index (χ0v) is 11.2. The molecule has 1 rings (SSSR count). The summed E-state index contributed by atoms with van der Waals surface area (Å²) in [6.07, 6.45) is 0. The van der Waals surface area contributed by atoms with Gasteiger partial charge in [-0.1, -0.05) is 13.8 Å². The molecule has 0 fully saturated rings. The van der Waals surface area contributed by atoms with E-state index >= 15 is 0 Å². The number of hydrogen-bond acceptors (Lipinski definition) is 3. The van der Waals surface area contributed by atoms with Crippen LogP contribution in [0.15, 0.2) is 24.3 Å². The van der Waals surface area contributed by atoms with E-state index in [-0.39, 0.29) is 11.7 Å². The van der Waals surface area contributed by atoms with Crippen molar-refractivity contribution in [3.63, 3.8) is 0 Å². The van der Waals surface area contributed by atoms with Gasteiger partial charge in [-0.3, -0.25) is 4.79 Å². The highest BCUT2D eigenvalue weighted by atomic mass is 32.2. The minimum atomic E-state index is -0.795. The van der Waals surface area contributed by atoms with Crippen molar-refractivity contribution in [1.82, 2.24) is 0 Å². The van der Waals surface area contributed by atoms with E-state index in [4.69, 9.17) is 9.84 Å². The van der Waals surface area contributed by atoms with E-state index in [1.165, 1.54) is 23.9 Å². The molecule has 0 aliphatic carbocycles. The molecule has 1 N–H and O–H groups in total. The predicted molar refractivity (Wildman–Crippen MR) is 70.6 cm³/mol. The summed E-state index contributed by atoms with van der Waals surface area (Å²) in [5.74, 6) is 0.165. The van der Waals surface area contributed by atoms with Crippen molar-refractivity contribution in [2.24, 2.45) is 5.92 Å². The molecule has 1 aromatic rings. The first kappa shape index (κ1) is 14.8. The normalized spacial score (nSPS) is 12.4. The molecule has 1 aromatic carbocycles. The molecule has 0 aliphatic heterocycles. The molecule has 0 saturated heterocycles. The number of aliphatic carboxylic acids is 1. The van der Waals surface area contributed by atoms with Crippen LogP contribution in [0.5, 0.6) is 5.75 Å². The second-order valence-electron chi connectivity index (χ2n) is 4.18. The summed E-state index contributed by atoms with van der Waals surface area (Å²) in [7, 11) is 0. The average molecular weight is 272 g/mol. The Morgan fingerprint density at radius 2 is 2.00 bits per heavy atom. The van der Waals surface area contributed by atoms with Gasteiger partial charge in [0.05, 0.1) is 6.61 Å². The molecule has 0 bridgehead atoms. The molecule has 0 amide bonds. The van der Waals surface area contributed by atoms with Crippen LogP contribution in [-0.4, -0.2) is 28.7 Å². The standard InChI is InChI=1S/C13H17FO3S/c1-9(2)12(13(15)16)18-8-7-17-11-5-3-10(14)4-6-11/h3-6,9,12H,7-8H2,1-2H3,(H,15,16). The van der Waals surface area contributed by atoms with Crippen LogP contribution in [0, 0.1) is 11.7 Å². The molecule has 0 saturated carbocycles. The van der Waals surface area contributed by atoms with Gasteiger partial charge in [-0.05, 0) is 30.2 Å². The zero-order valence-electron chi connectivity index (χ0n) is 10.4. The highest BCUT2D eigenvalue weighted by Gasteiger charge is 2.21. The van der Waals surface area contributed by atoms with Crippen LogP contribution < -0.4 is 4.74 Å². The molecule has 0 radical (unpaired) electrons. The predicted octanol–water partition coefficient (Wildman–Crippen LogP) is 3.05. The van der Waals surface area contributed by atoms with Gasteiger partial charge >= 0.3 is 5.97 Å². The molecule has 1 atom stereocenters. The Morgan fingerprint density at radius 3 is 2.50 bits per heavy atom. The van der Waals surface area contributed by atoms with Gasteiger partial charge in [0.25, 0.3) is 0 Å². The average Bonchev–Trinajstić information content (AvgIpc) is 2.30. The number of carboxylic acids is 1. The first-order chi connectivity index (χ1) is 8.50. The minimum absolute atomic E-state index is 0.0818. The monoisotopic (exact) mass is 272 g/mol. The molecule has 0 spiro atoms. The molecular formula is C13H17FO3S. The highest BCUT2D eigenvalue weighted by molar-refractivity contribution is 8.00. The highest BCUT2D eigenvalue weighted by Crippen LogP contribution is 2.20. The molecule has 0 aromatic heterocycles. The number of carboxylic acid groups (broad SMARTS) is 1. The van der Waals surface area contributed by atoms with Crippen LogP contribution in [0.3, 0.4) is 0 Å². The summed E-state index contributed by atoms with van der Waals surface area (Å²) in [5, 5.41) is 8.57. The van der Waals surface area contributed by atoms with Crippen molar-refractivity contribution in [2.45, 2.75) is 19.1 Å². The maximum absolute atomic E-state index is 12.6. The van der Waals surface area contributed by atoms with Gasteiger partial charge in [0, 0.05) is 5.75 Å². The lowest BCUT2D eigenvalue weighted by Gasteiger charge is -2.15. The van der Waals surface area contributed by atoms with Crippen LogP contribution in [0.1, 0.15) is 13.8 Å². The molecule has 100 valence electrons. The fourth-order valence-corrected chi connectivity index (χ4v) is 2.38. The van der Waals surface area contributed by atoms with E-state index in [0.717, 1.165) is 0 Å². The Kier molecular flexibility index (Phi) is 5.98. The summed E-state index contributed by atoms with van der Waals surface area (Å²) in [6, 6.07) is 5.77. The zero-order chi connectivity index (χ0) is 13.5. The Hall–Kier alpha value is -1.23. The second kappa shape index (κ2) is 7.26. The summed E-state index contributed by atoms with van der Waals surface area (Å²) in [5.41, 5.74) is 0. The van der Waals surface area contributed by atoms with Crippen molar-refractivity contribution in [1.29, 1.82) is 0 Å². The van der Waals surface area contributed by atoms with Gasteiger partial charge < -0.3 is 9.84 Å². The molecule has 0 aliphatic rings.